The average Bonchev–Trinajstić information content (AvgIpc) is 2.28. The summed E-state index contributed by atoms with van der Waals surface area (Å²) in [6.07, 6.45) is 0.587. The number of sulfone groups is 1. The Morgan fingerprint density at radius 3 is 2.71 bits per heavy atom. The molecule has 0 radical (unpaired) electrons. The molecule has 1 heterocycles. The molecule has 4 nitrogen and oxygen atoms in total. The summed E-state index contributed by atoms with van der Waals surface area (Å²) in [7, 11) is -3.25. The van der Waals surface area contributed by atoms with E-state index in [2.05, 4.69) is 4.98 Å². The van der Waals surface area contributed by atoms with Gasteiger partial charge in [-0.2, -0.15) is 0 Å². The Labute approximate surface area is 100 Å². The van der Waals surface area contributed by atoms with E-state index in [1.807, 2.05) is 6.92 Å². The van der Waals surface area contributed by atoms with E-state index in [0.717, 1.165) is 5.39 Å². The van der Waals surface area contributed by atoms with Gasteiger partial charge in [-0.25, -0.2) is 13.4 Å². The number of hydrogen-bond acceptors (Lipinski definition) is 4. The second-order valence-corrected chi connectivity index (χ2v) is 5.98. The number of aromatic nitrogens is 1. The normalized spacial score (nSPS) is 11.8. The zero-order chi connectivity index (χ0) is 12.5. The van der Waals surface area contributed by atoms with Crippen LogP contribution in [0.3, 0.4) is 0 Å². The van der Waals surface area contributed by atoms with Crippen molar-refractivity contribution in [2.75, 3.05) is 11.5 Å². The molecule has 0 fully saturated rings. The van der Waals surface area contributed by atoms with Crippen molar-refractivity contribution < 1.29 is 8.42 Å². The lowest BCUT2D eigenvalue weighted by molar-refractivity contribution is 0.591. The first kappa shape index (κ1) is 11.9. The molecule has 5 heteroatoms. The number of benzene rings is 1. The van der Waals surface area contributed by atoms with E-state index in [4.69, 9.17) is 5.73 Å². The molecule has 0 bridgehead atoms. The molecule has 1 aromatic heterocycles. The van der Waals surface area contributed by atoms with Gasteiger partial charge < -0.3 is 5.73 Å². The summed E-state index contributed by atoms with van der Waals surface area (Å²) in [4.78, 5) is 4.16. The third-order valence-electron chi connectivity index (χ3n) is 2.48. The third-order valence-corrected chi connectivity index (χ3v) is 4.29. The van der Waals surface area contributed by atoms with Gasteiger partial charge in [-0.05, 0) is 36.8 Å². The minimum Gasteiger partial charge on any atom is -0.399 e. The average molecular weight is 250 g/mol. The predicted molar refractivity (Wildman–Crippen MR) is 68.5 cm³/mol. The molecule has 0 amide bonds. The van der Waals surface area contributed by atoms with Gasteiger partial charge in [0.15, 0.2) is 14.9 Å². The lowest BCUT2D eigenvalue weighted by Gasteiger charge is -2.04. The molecular weight excluding hydrogens is 236 g/mol. The van der Waals surface area contributed by atoms with Crippen LogP contribution in [0.25, 0.3) is 10.9 Å². The van der Waals surface area contributed by atoms with Gasteiger partial charge in [0.25, 0.3) is 0 Å². The van der Waals surface area contributed by atoms with Gasteiger partial charge >= 0.3 is 0 Å². The van der Waals surface area contributed by atoms with Gasteiger partial charge in [-0.1, -0.05) is 6.92 Å². The fourth-order valence-electron chi connectivity index (χ4n) is 1.67. The summed E-state index contributed by atoms with van der Waals surface area (Å²) >= 11 is 0. The van der Waals surface area contributed by atoms with Gasteiger partial charge in [-0.3, -0.25) is 0 Å². The van der Waals surface area contributed by atoms with Gasteiger partial charge in [0.2, 0.25) is 0 Å². The first-order chi connectivity index (χ1) is 8.03. The topological polar surface area (TPSA) is 73.0 Å². The standard InChI is InChI=1S/C12H14N2O2S/c1-2-7-17(15,16)12-6-3-9-8-10(13)4-5-11(9)14-12/h3-6,8H,2,7,13H2,1H3. The van der Waals surface area contributed by atoms with E-state index in [-0.39, 0.29) is 10.8 Å². The predicted octanol–water partition coefficient (Wildman–Crippen LogP) is 2.00. The van der Waals surface area contributed by atoms with Crippen LogP contribution < -0.4 is 5.73 Å². The molecule has 0 spiro atoms. The van der Waals surface area contributed by atoms with Crippen molar-refractivity contribution in [2.45, 2.75) is 18.4 Å². The van der Waals surface area contributed by atoms with Crippen molar-refractivity contribution in [3.63, 3.8) is 0 Å². The molecule has 0 atom stereocenters. The number of nitrogen functional groups attached to an aromatic ring is 1. The molecule has 17 heavy (non-hydrogen) atoms. The van der Waals surface area contributed by atoms with Crippen LogP contribution in [-0.4, -0.2) is 19.2 Å². The fraction of sp³-hybridized carbons (Fsp3) is 0.250. The molecule has 2 rings (SSSR count). The molecule has 90 valence electrons. The van der Waals surface area contributed by atoms with E-state index < -0.39 is 9.84 Å². The van der Waals surface area contributed by atoms with Crippen molar-refractivity contribution in [3.8, 4) is 0 Å². The summed E-state index contributed by atoms with van der Waals surface area (Å²) in [5, 5.41) is 0.983. The highest BCUT2D eigenvalue weighted by Gasteiger charge is 2.14. The quantitative estimate of drug-likeness (QED) is 0.846. The van der Waals surface area contributed by atoms with Crippen molar-refractivity contribution in [1.29, 1.82) is 0 Å². The van der Waals surface area contributed by atoms with Crippen LogP contribution in [0.5, 0.6) is 0 Å². The zero-order valence-corrected chi connectivity index (χ0v) is 10.4. The summed E-state index contributed by atoms with van der Waals surface area (Å²) in [5.74, 6) is 0.125. The van der Waals surface area contributed by atoms with Crippen LogP contribution >= 0.6 is 0 Å². The van der Waals surface area contributed by atoms with Crippen LogP contribution in [0.1, 0.15) is 13.3 Å². The molecule has 0 saturated carbocycles. The molecule has 0 aliphatic rings. The van der Waals surface area contributed by atoms with E-state index in [1.54, 1.807) is 24.3 Å². The summed E-state index contributed by atoms with van der Waals surface area (Å²) < 4.78 is 23.7. The molecule has 2 aromatic rings. The Morgan fingerprint density at radius 2 is 2.00 bits per heavy atom. The lowest BCUT2D eigenvalue weighted by atomic mass is 10.2. The van der Waals surface area contributed by atoms with Gasteiger partial charge in [0.05, 0.1) is 11.3 Å². The molecule has 0 saturated heterocycles. The van der Waals surface area contributed by atoms with E-state index in [9.17, 15) is 8.42 Å². The van der Waals surface area contributed by atoms with E-state index in [1.165, 1.54) is 6.07 Å². The number of fused-ring (bicyclic) bond motifs is 1. The number of nitrogens with zero attached hydrogens (tertiary/aromatic N) is 1. The Balaban J connectivity index is 2.56. The molecule has 0 aliphatic carbocycles. The van der Waals surface area contributed by atoms with E-state index >= 15 is 0 Å². The van der Waals surface area contributed by atoms with Crippen LogP contribution in [0.15, 0.2) is 35.4 Å². The van der Waals surface area contributed by atoms with Crippen molar-refractivity contribution >= 4 is 26.4 Å². The highest BCUT2D eigenvalue weighted by Crippen LogP contribution is 2.18. The molecule has 0 unspecified atom stereocenters. The minimum absolute atomic E-state index is 0.125. The summed E-state index contributed by atoms with van der Waals surface area (Å²) in [5.41, 5.74) is 6.94. The van der Waals surface area contributed by atoms with Crippen LogP contribution in [-0.2, 0) is 9.84 Å². The summed E-state index contributed by atoms with van der Waals surface area (Å²) in [6.45, 7) is 1.83. The van der Waals surface area contributed by atoms with Gasteiger partial charge in [-0.15, -0.1) is 0 Å². The second kappa shape index (κ2) is 4.33. The molecular formula is C12H14N2O2S. The SMILES string of the molecule is CCCS(=O)(=O)c1ccc2cc(N)ccc2n1. The Morgan fingerprint density at radius 1 is 1.24 bits per heavy atom. The lowest BCUT2D eigenvalue weighted by Crippen LogP contribution is -2.07. The second-order valence-electron chi connectivity index (χ2n) is 3.92. The number of anilines is 1. The first-order valence-electron chi connectivity index (χ1n) is 5.42. The number of nitrogens with two attached hydrogens (primary N) is 1. The van der Waals surface area contributed by atoms with Crippen molar-refractivity contribution in [3.05, 3.63) is 30.3 Å². The van der Waals surface area contributed by atoms with Crippen molar-refractivity contribution in [2.24, 2.45) is 0 Å². The maximum absolute atomic E-state index is 11.9. The number of pyridine rings is 1. The highest BCUT2D eigenvalue weighted by molar-refractivity contribution is 7.91. The smallest absolute Gasteiger partial charge is 0.195 e. The van der Waals surface area contributed by atoms with Gasteiger partial charge in [0, 0.05) is 11.1 Å². The maximum Gasteiger partial charge on any atom is 0.195 e. The zero-order valence-electron chi connectivity index (χ0n) is 9.55. The van der Waals surface area contributed by atoms with Crippen LogP contribution in [0, 0.1) is 0 Å². The molecule has 0 aliphatic heterocycles. The van der Waals surface area contributed by atoms with Crippen molar-refractivity contribution in [1.82, 2.24) is 4.98 Å². The summed E-state index contributed by atoms with van der Waals surface area (Å²) in [6, 6.07) is 8.49. The number of rotatable bonds is 3. The first-order valence-corrected chi connectivity index (χ1v) is 7.07. The van der Waals surface area contributed by atoms with Gasteiger partial charge in [0.1, 0.15) is 0 Å². The largest absolute Gasteiger partial charge is 0.399 e. The molecule has 2 N–H and O–H groups in total. The number of hydrogen-bond donors (Lipinski definition) is 1. The fourth-order valence-corrected chi connectivity index (χ4v) is 2.93. The Bertz CT molecular complexity index is 651. The van der Waals surface area contributed by atoms with Crippen LogP contribution in [0.2, 0.25) is 0 Å². The third kappa shape index (κ3) is 2.39. The Kier molecular flexibility index (Phi) is 3.02. The molecule has 1 aromatic carbocycles. The van der Waals surface area contributed by atoms with E-state index in [0.29, 0.717) is 17.6 Å². The highest BCUT2D eigenvalue weighted by atomic mass is 32.2. The Hall–Kier alpha value is -1.62. The minimum atomic E-state index is -3.25. The van der Waals surface area contributed by atoms with Crippen LogP contribution in [0.4, 0.5) is 5.69 Å². The monoisotopic (exact) mass is 250 g/mol. The maximum atomic E-state index is 11.9.